The van der Waals surface area contributed by atoms with Gasteiger partial charge < -0.3 is 5.11 Å². The number of hydrogen-bond acceptors (Lipinski definition) is 4. The molecule has 1 aliphatic rings. The Morgan fingerprint density at radius 1 is 1.20 bits per heavy atom. The molecule has 15 heavy (non-hydrogen) atoms. The standard InChI is InChI=1S/C9H6ClNO3S/c10-9-11-5-8(15(9,13)14)6-1-3-7(12)4-2-6/h1-5,12H. The first kappa shape index (κ1) is 10.2. The molecule has 1 aromatic carbocycles. The molecule has 1 aliphatic heterocycles. The minimum absolute atomic E-state index is 0.0486. The highest BCUT2D eigenvalue weighted by Gasteiger charge is 2.29. The zero-order valence-corrected chi connectivity index (χ0v) is 8.96. The summed E-state index contributed by atoms with van der Waals surface area (Å²) in [4.78, 5) is 3.59. The van der Waals surface area contributed by atoms with E-state index in [9.17, 15) is 8.42 Å². The van der Waals surface area contributed by atoms with E-state index in [1.165, 1.54) is 30.5 Å². The van der Waals surface area contributed by atoms with Crippen LogP contribution in [0.3, 0.4) is 0 Å². The molecular weight excluding hydrogens is 238 g/mol. The predicted octanol–water partition coefficient (Wildman–Crippen LogP) is 1.71. The van der Waals surface area contributed by atoms with E-state index in [1.807, 2.05) is 0 Å². The largest absolute Gasteiger partial charge is 0.508 e. The Morgan fingerprint density at radius 3 is 2.27 bits per heavy atom. The molecule has 0 fully saturated rings. The van der Waals surface area contributed by atoms with E-state index in [2.05, 4.69) is 4.99 Å². The summed E-state index contributed by atoms with van der Waals surface area (Å²) in [5, 5.41) is 9.06. The molecule has 78 valence electrons. The fourth-order valence-corrected chi connectivity index (χ4v) is 2.50. The Hall–Kier alpha value is -1.33. The van der Waals surface area contributed by atoms with Crippen LogP contribution in [0.25, 0.3) is 4.91 Å². The average molecular weight is 244 g/mol. The highest BCUT2D eigenvalue weighted by atomic mass is 35.5. The lowest BCUT2D eigenvalue weighted by Gasteiger charge is -2.01. The number of aromatic hydroxyl groups is 1. The molecule has 0 saturated carbocycles. The van der Waals surface area contributed by atoms with Crippen molar-refractivity contribution in [2.75, 3.05) is 0 Å². The summed E-state index contributed by atoms with van der Waals surface area (Å²) in [6.45, 7) is 0. The van der Waals surface area contributed by atoms with Gasteiger partial charge in [0.2, 0.25) is 14.3 Å². The van der Waals surface area contributed by atoms with Gasteiger partial charge in [0, 0.05) is 6.20 Å². The van der Waals surface area contributed by atoms with Crippen molar-refractivity contribution in [1.82, 2.24) is 0 Å². The maximum absolute atomic E-state index is 11.6. The number of halogens is 1. The molecule has 0 aromatic heterocycles. The van der Waals surface area contributed by atoms with Crippen LogP contribution in [0, 0.1) is 0 Å². The summed E-state index contributed by atoms with van der Waals surface area (Å²) in [6, 6.07) is 5.78. The number of benzene rings is 1. The summed E-state index contributed by atoms with van der Waals surface area (Å²) < 4.78 is 22.7. The lowest BCUT2D eigenvalue weighted by molar-refractivity contribution is 0.475. The van der Waals surface area contributed by atoms with E-state index >= 15 is 0 Å². The molecule has 0 bridgehead atoms. The van der Waals surface area contributed by atoms with E-state index in [0.717, 1.165) is 0 Å². The first-order valence-electron chi connectivity index (χ1n) is 4.00. The number of aliphatic imine (C=N–C) groups is 1. The lowest BCUT2D eigenvalue weighted by Crippen LogP contribution is -2.06. The number of phenols is 1. The molecule has 6 heteroatoms. The van der Waals surface area contributed by atoms with Gasteiger partial charge in [-0.1, -0.05) is 0 Å². The topological polar surface area (TPSA) is 66.7 Å². The number of rotatable bonds is 1. The minimum Gasteiger partial charge on any atom is -0.508 e. The predicted molar refractivity (Wildman–Crippen MR) is 58.3 cm³/mol. The third-order valence-electron chi connectivity index (χ3n) is 1.95. The van der Waals surface area contributed by atoms with Crippen LogP contribution in [-0.4, -0.2) is 18.0 Å². The summed E-state index contributed by atoms with van der Waals surface area (Å²) in [5.41, 5.74) is 0.451. The Labute approximate surface area is 91.4 Å². The van der Waals surface area contributed by atoms with Gasteiger partial charge >= 0.3 is 0 Å². The first-order chi connectivity index (χ1) is 7.01. The first-order valence-corrected chi connectivity index (χ1v) is 5.86. The zero-order valence-electron chi connectivity index (χ0n) is 7.38. The van der Waals surface area contributed by atoms with Crippen LogP contribution in [0.4, 0.5) is 0 Å². The molecule has 1 N–H and O–H groups in total. The van der Waals surface area contributed by atoms with Gasteiger partial charge in [0.1, 0.15) is 5.75 Å². The number of nitrogens with zero attached hydrogens (tertiary/aromatic N) is 1. The van der Waals surface area contributed by atoms with Crippen LogP contribution in [0.1, 0.15) is 5.56 Å². The van der Waals surface area contributed by atoms with Crippen LogP contribution in [-0.2, 0) is 9.84 Å². The second-order valence-corrected chi connectivity index (χ2v) is 5.34. The molecule has 0 atom stereocenters. The Morgan fingerprint density at radius 2 is 1.80 bits per heavy atom. The van der Waals surface area contributed by atoms with Crippen molar-refractivity contribution in [2.24, 2.45) is 4.99 Å². The lowest BCUT2D eigenvalue weighted by atomic mass is 10.2. The highest BCUT2D eigenvalue weighted by molar-refractivity contribution is 8.17. The van der Waals surface area contributed by atoms with Gasteiger partial charge in [-0.25, -0.2) is 13.4 Å². The molecule has 2 rings (SSSR count). The monoisotopic (exact) mass is 243 g/mol. The number of hydrogen-bond donors (Lipinski definition) is 1. The van der Waals surface area contributed by atoms with Crippen molar-refractivity contribution >= 4 is 30.8 Å². The molecular formula is C9H6ClNO3S. The van der Waals surface area contributed by atoms with E-state index in [4.69, 9.17) is 16.7 Å². The van der Waals surface area contributed by atoms with Gasteiger partial charge in [-0.15, -0.1) is 0 Å². The number of sulfone groups is 1. The van der Waals surface area contributed by atoms with Gasteiger partial charge in [0.15, 0.2) is 0 Å². The second kappa shape index (κ2) is 3.36. The molecule has 1 aromatic rings. The van der Waals surface area contributed by atoms with Gasteiger partial charge in [0.05, 0.1) is 4.91 Å². The summed E-state index contributed by atoms with van der Waals surface area (Å²) in [5.74, 6) is 0.0711. The zero-order chi connectivity index (χ0) is 11.1. The minimum atomic E-state index is -3.64. The van der Waals surface area contributed by atoms with Crippen LogP contribution < -0.4 is 0 Å². The normalized spacial score (nSPS) is 18.5. The fraction of sp³-hybridized carbons (Fsp3) is 0. The van der Waals surface area contributed by atoms with Gasteiger partial charge in [-0.2, -0.15) is 0 Å². The van der Waals surface area contributed by atoms with Crippen molar-refractivity contribution < 1.29 is 13.5 Å². The Bertz CT molecular complexity index is 558. The van der Waals surface area contributed by atoms with Crippen molar-refractivity contribution in [3.8, 4) is 5.75 Å². The van der Waals surface area contributed by atoms with E-state index < -0.39 is 14.3 Å². The maximum Gasteiger partial charge on any atom is 0.237 e. The van der Waals surface area contributed by atoms with Crippen LogP contribution in [0.5, 0.6) is 5.75 Å². The SMILES string of the molecule is O=S1(=O)C(c2ccc(O)cc2)=CN=C1Cl. The summed E-state index contributed by atoms with van der Waals surface area (Å²) in [6.07, 6.45) is 1.20. The van der Waals surface area contributed by atoms with Crippen molar-refractivity contribution in [3.05, 3.63) is 36.0 Å². The molecule has 0 radical (unpaired) electrons. The van der Waals surface area contributed by atoms with Gasteiger partial charge in [0.25, 0.3) is 0 Å². The van der Waals surface area contributed by atoms with Crippen LogP contribution >= 0.6 is 11.6 Å². The third-order valence-corrected chi connectivity index (χ3v) is 4.12. The molecule has 0 spiro atoms. The molecule has 0 saturated heterocycles. The molecule has 0 aliphatic carbocycles. The maximum atomic E-state index is 11.6. The molecule has 1 heterocycles. The van der Waals surface area contributed by atoms with Crippen molar-refractivity contribution in [2.45, 2.75) is 0 Å². The molecule has 0 unspecified atom stereocenters. The Balaban J connectivity index is 2.49. The van der Waals surface area contributed by atoms with E-state index in [0.29, 0.717) is 5.56 Å². The van der Waals surface area contributed by atoms with E-state index in [-0.39, 0.29) is 10.7 Å². The fourth-order valence-electron chi connectivity index (χ4n) is 1.19. The highest BCUT2D eigenvalue weighted by Crippen LogP contribution is 2.29. The molecule has 0 amide bonds. The van der Waals surface area contributed by atoms with Crippen molar-refractivity contribution in [1.29, 1.82) is 0 Å². The Kier molecular flexibility index (Phi) is 2.28. The van der Waals surface area contributed by atoms with Crippen molar-refractivity contribution in [3.63, 3.8) is 0 Å². The summed E-state index contributed by atoms with van der Waals surface area (Å²) >= 11 is 5.44. The smallest absolute Gasteiger partial charge is 0.237 e. The third kappa shape index (κ3) is 1.64. The van der Waals surface area contributed by atoms with E-state index in [1.54, 1.807) is 0 Å². The summed E-state index contributed by atoms with van der Waals surface area (Å²) in [7, 11) is -3.64. The molecule has 4 nitrogen and oxygen atoms in total. The quantitative estimate of drug-likeness (QED) is 0.817. The van der Waals surface area contributed by atoms with Crippen LogP contribution in [0.15, 0.2) is 35.5 Å². The van der Waals surface area contributed by atoms with Gasteiger partial charge in [-0.3, -0.25) is 0 Å². The van der Waals surface area contributed by atoms with Crippen LogP contribution in [0.2, 0.25) is 0 Å². The number of phenolic OH excluding ortho intramolecular Hbond substituents is 1. The average Bonchev–Trinajstić information content (AvgIpc) is 2.44. The van der Waals surface area contributed by atoms with Gasteiger partial charge in [-0.05, 0) is 41.4 Å². The second-order valence-electron chi connectivity index (χ2n) is 2.93.